The molecule has 0 radical (unpaired) electrons. The average molecular weight is 274 g/mol. The molecule has 1 saturated heterocycles. The van der Waals surface area contributed by atoms with Gasteiger partial charge >= 0.3 is 0 Å². The monoisotopic (exact) mass is 274 g/mol. The second-order valence-corrected chi connectivity index (χ2v) is 5.75. The molecule has 1 aliphatic rings. The molecule has 0 aliphatic carbocycles. The van der Waals surface area contributed by atoms with Gasteiger partial charge in [0.2, 0.25) is 0 Å². The minimum atomic E-state index is 0.198. The number of nitrogens with one attached hydrogen (secondary N) is 1. The van der Waals surface area contributed by atoms with E-state index in [0.717, 1.165) is 42.9 Å². The van der Waals surface area contributed by atoms with Crippen molar-refractivity contribution in [2.24, 2.45) is 5.92 Å². The van der Waals surface area contributed by atoms with Gasteiger partial charge < -0.3 is 10.2 Å². The Labute approximate surface area is 122 Å². The minimum Gasteiger partial charge on any atom is -0.385 e. The summed E-state index contributed by atoms with van der Waals surface area (Å²) >= 11 is 0. The fourth-order valence-electron chi connectivity index (χ4n) is 3.05. The Kier molecular flexibility index (Phi) is 5.05. The lowest BCUT2D eigenvalue weighted by atomic mass is 10.0. The highest BCUT2D eigenvalue weighted by Crippen LogP contribution is 2.24. The Balaban J connectivity index is 2.06. The van der Waals surface area contributed by atoms with E-state index in [4.69, 9.17) is 0 Å². The summed E-state index contributed by atoms with van der Waals surface area (Å²) in [5.41, 5.74) is 3.00. The molecule has 1 N–H and O–H groups in total. The van der Waals surface area contributed by atoms with Gasteiger partial charge in [-0.25, -0.2) is 0 Å². The number of hydrogen-bond acceptors (Lipinski definition) is 2. The molecular weight excluding hydrogens is 248 g/mol. The molecule has 1 atom stereocenters. The average Bonchev–Trinajstić information content (AvgIpc) is 2.88. The molecule has 2 rings (SSSR count). The Morgan fingerprint density at radius 3 is 2.85 bits per heavy atom. The number of anilines is 1. The zero-order valence-corrected chi connectivity index (χ0v) is 12.9. The predicted octanol–water partition coefficient (Wildman–Crippen LogP) is 3.69. The van der Waals surface area contributed by atoms with Gasteiger partial charge in [-0.2, -0.15) is 0 Å². The maximum Gasteiger partial charge on any atom is 0.254 e. The Bertz CT molecular complexity index is 470. The summed E-state index contributed by atoms with van der Waals surface area (Å²) in [4.78, 5) is 14.6. The molecule has 1 aliphatic heterocycles. The first-order valence-electron chi connectivity index (χ1n) is 7.79. The predicted molar refractivity (Wildman–Crippen MR) is 84.3 cm³/mol. The molecule has 0 aromatic heterocycles. The van der Waals surface area contributed by atoms with Gasteiger partial charge in [-0.05, 0) is 56.4 Å². The quantitative estimate of drug-likeness (QED) is 0.888. The molecule has 1 heterocycles. The summed E-state index contributed by atoms with van der Waals surface area (Å²) < 4.78 is 0. The van der Waals surface area contributed by atoms with Crippen molar-refractivity contribution in [3.63, 3.8) is 0 Å². The van der Waals surface area contributed by atoms with Crippen molar-refractivity contribution in [3.8, 4) is 0 Å². The number of rotatable bonds is 5. The van der Waals surface area contributed by atoms with Gasteiger partial charge in [0.1, 0.15) is 0 Å². The van der Waals surface area contributed by atoms with Crippen LogP contribution in [0.3, 0.4) is 0 Å². The lowest BCUT2D eigenvalue weighted by molar-refractivity contribution is 0.0786. The van der Waals surface area contributed by atoms with E-state index in [9.17, 15) is 4.79 Å². The molecule has 3 heteroatoms. The second-order valence-electron chi connectivity index (χ2n) is 5.75. The lowest BCUT2D eigenvalue weighted by Crippen LogP contribution is -2.29. The van der Waals surface area contributed by atoms with Crippen molar-refractivity contribution in [1.82, 2.24) is 4.90 Å². The molecule has 1 amide bonds. The first-order chi connectivity index (χ1) is 9.65. The van der Waals surface area contributed by atoms with Crippen LogP contribution in [0.1, 0.15) is 49.0 Å². The van der Waals surface area contributed by atoms with Crippen molar-refractivity contribution >= 4 is 11.6 Å². The third-order valence-electron chi connectivity index (χ3n) is 4.11. The highest BCUT2D eigenvalue weighted by molar-refractivity contribution is 5.96. The fraction of sp³-hybridized carbons (Fsp3) is 0.588. The summed E-state index contributed by atoms with van der Waals surface area (Å²) in [6.07, 6.45) is 3.61. The van der Waals surface area contributed by atoms with E-state index in [-0.39, 0.29) is 5.91 Å². The Hall–Kier alpha value is -1.51. The van der Waals surface area contributed by atoms with Crippen LogP contribution in [0.5, 0.6) is 0 Å². The van der Waals surface area contributed by atoms with Crippen LogP contribution < -0.4 is 5.32 Å². The van der Waals surface area contributed by atoms with Crippen LogP contribution >= 0.6 is 0 Å². The van der Waals surface area contributed by atoms with E-state index in [1.165, 1.54) is 12.8 Å². The van der Waals surface area contributed by atoms with Crippen LogP contribution in [-0.2, 0) is 0 Å². The fourth-order valence-corrected chi connectivity index (χ4v) is 3.05. The molecule has 1 aromatic carbocycles. The van der Waals surface area contributed by atoms with E-state index in [1.54, 1.807) is 0 Å². The number of aryl methyl sites for hydroxylation is 1. The van der Waals surface area contributed by atoms with E-state index >= 15 is 0 Å². The SMILES string of the molecule is CCCC1CCN(C(=O)c2ccc(NCC)cc2C)C1. The first kappa shape index (κ1) is 14.9. The number of likely N-dealkylation sites (tertiary alicyclic amines) is 1. The van der Waals surface area contributed by atoms with Crippen LogP contribution in [0.2, 0.25) is 0 Å². The molecule has 0 saturated carbocycles. The second kappa shape index (κ2) is 6.78. The van der Waals surface area contributed by atoms with Crippen molar-refractivity contribution in [2.45, 2.75) is 40.0 Å². The van der Waals surface area contributed by atoms with E-state index in [0.29, 0.717) is 5.92 Å². The van der Waals surface area contributed by atoms with Crippen LogP contribution in [0.15, 0.2) is 18.2 Å². The van der Waals surface area contributed by atoms with Crippen molar-refractivity contribution < 1.29 is 4.79 Å². The molecule has 110 valence electrons. The van der Waals surface area contributed by atoms with Crippen LogP contribution in [0.4, 0.5) is 5.69 Å². The zero-order valence-electron chi connectivity index (χ0n) is 12.9. The number of hydrogen-bond donors (Lipinski definition) is 1. The minimum absolute atomic E-state index is 0.198. The van der Waals surface area contributed by atoms with Gasteiger partial charge in [0.25, 0.3) is 5.91 Å². The van der Waals surface area contributed by atoms with E-state index < -0.39 is 0 Å². The van der Waals surface area contributed by atoms with E-state index in [2.05, 4.69) is 25.2 Å². The number of nitrogens with zero attached hydrogens (tertiary/aromatic N) is 1. The van der Waals surface area contributed by atoms with Crippen LogP contribution in [-0.4, -0.2) is 30.4 Å². The molecular formula is C17H26N2O. The Morgan fingerprint density at radius 2 is 2.20 bits per heavy atom. The van der Waals surface area contributed by atoms with Gasteiger partial charge in [0.15, 0.2) is 0 Å². The molecule has 1 unspecified atom stereocenters. The standard InChI is InChI=1S/C17H26N2O/c1-4-6-14-9-10-19(12-14)17(20)16-8-7-15(18-5-2)11-13(16)3/h7-8,11,14,18H,4-6,9-10,12H2,1-3H3. The van der Waals surface area contributed by atoms with Gasteiger partial charge in [0.05, 0.1) is 0 Å². The Morgan fingerprint density at radius 1 is 1.40 bits per heavy atom. The summed E-state index contributed by atoms with van der Waals surface area (Å²) in [6.45, 7) is 9.06. The molecule has 0 bridgehead atoms. The largest absolute Gasteiger partial charge is 0.385 e. The number of amides is 1. The molecule has 3 nitrogen and oxygen atoms in total. The highest BCUT2D eigenvalue weighted by atomic mass is 16.2. The molecule has 20 heavy (non-hydrogen) atoms. The third-order valence-corrected chi connectivity index (χ3v) is 4.11. The maximum absolute atomic E-state index is 12.6. The summed E-state index contributed by atoms with van der Waals surface area (Å²) in [5, 5.41) is 3.28. The van der Waals surface area contributed by atoms with Crippen molar-refractivity contribution in [1.29, 1.82) is 0 Å². The van der Waals surface area contributed by atoms with Gasteiger partial charge in [-0.1, -0.05) is 13.3 Å². The molecule has 1 fully saturated rings. The smallest absolute Gasteiger partial charge is 0.254 e. The summed E-state index contributed by atoms with van der Waals surface area (Å²) in [5.74, 6) is 0.898. The number of carbonyl (C=O) groups excluding carboxylic acids is 1. The third kappa shape index (κ3) is 3.33. The summed E-state index contributed by atoms with van der Waals surface area (Å²) in [6, 6.07) is 6.03. The number of benzene rings is 1. The van der Waals surface area contributed by atoms with Crippen molar-refractivity contribution in [3.05, 3.63) is 29.3 Å². The van der Waals surface area contributed by atoms with Gasteiger partial charge in [-0.15, -0.1) is 0 Å². The topological polar surface area (TPSA) is 32.3 Å². The van der Waals surface area contributed by atoms with Gasteiger partial charge in [-0.3, -0.25) is 4.79 Å². The first-order valence-corrected chi connectivity index (χ1v) is 7.79. The lowest BCUT2D eigenvalue weighted by Gasteiger charge is -2.18. The molecule has 1 aromatic rings. The highest BCUT2D eigenvalue weighted by Gasteiger charge is 2.26. The zero-order chi connectivity index (χ0) is 14.5. The van der Waals surface area contributed by atoms with Crippen LogP contribution in [0, 0.1) is 12.8 Å². The van der Waals surface area contributed by atoms with Crippen LogP contribution in [0.25, 0.3) is 0 Å². The van der Waals surface area contributed by atoms with Gasteiger partial charge in [0, 0.05) is 30.9 Å². The normalized spacial score (nSPS) is 18.4. The number of carbonyl (C=O) groups is 1. The maximum atomic E-state index is 12.6. The van der Waals surface area contributed by atoms with Crippen molar-refractivity contribution in [2.75, 3.05) is 25.0 Å². The molecule has 0 spiro atoms. The summed E-state index contributed by atoms with van der Waals surface area (Å²) in [7, 11) is 0. The van der Waals surface area contributed by atoms with E-state index in [1.807, 2.05) is 24.0 Å².